The number of thiazole rings is 1. The van der Waals surface area contributed by atoms with Crippen LogP contribution in [0.1, 0.15) is 17.0 Å². The first-order valence-corrected chi connectivity index (χ1v) is 8.86. The number of esters is 1. The highest BCUT2D eigenvalue weighted by Gasteiger charge is 2.12. The Labute approximate surface area is 161 Å². The monoisotopic (exact) mass is 405 g/mol. The number of ether oxygens (including phenoxy) is 1. The zero-order chi connectivity index (χ0) is 19.6. The van der Waals surface area contributed by atoms with Crippen LogP contribution in [0.5, 0.6) is 0 Å². The number of benzene rings is 1. The third-order valence-corrected chi connectivity index (χ3v) is 4.83. The second kappa shape index (κ2) is 7.68. The summed E-state index contributed by atoms with van der Waals surface area (Å²) in [6.07, 6.45) is 2.51. The van der Waals surface area contributed by atoms with Gasteiger partial charge in [0.05, 0.1) is 10.6 Å². The summed E-state index contributed by atoms with van der Waals surface area (Å²) in [4.78, 5) is 39.0. The second-order valence-electron chi connectivity index (χ2n) is 5.49. The van der Waals surface area contributed by atoms with Crippen molar-refractivity contribution in [3.05, 3.63) is 78.2 Å². The fourth-order valence-electron chi connectivity index (χ4n) is 2.31. The van der Waals surface area contributed by atoms with Crippen molar-refractivity contribution in [1.29, 1.82) is 0 Å². The third kappa shape index (κ3) is 4.21. The molecule has 2 aromatic heterocycles. The zero-order valence-corrected chi connectivity index (χ0v) is 15.5. The van der Waals surface area contributed by atoms with Crippen molar-refractivity contribution in [2.45, 2.75) is 13.5 Å². The Hall–Kier alpha value is -3.04. The van der Waals surface area contributed by atoms with Crippen LogP contribution in [-0.4, -0.2) is 20.3 Å². The van der Waals surface area contributed by atoms with Gasteiger partial charge in [0.15, 0.2) is 4.96 Å². The van der Waals surface area contributed by atoms with Crippen molar-refractivity contribution in [2.75, 3.05) is 0 Å². The van der Waals surface area contributed by atoms with E-state index in [1.165, 1.54) is 46.1 Å². The van der Waals surface area contributed by atoms with Crippen molar-refractivity contribution in [1.82, 2.24) is 9.38 Å². The fraction of sp³-hybridized carbons (Fsp3) is 0.118. The predicted molar refractivity (Wildman–Crippen MR) is 101 cm³/mol. The van der Waals surface area contributed by atoms with Gasteiger partial charge >= 0.3 is 5.97 Å². The van der Waals surface area contributed by atoms with Gasteiger partial charge < -0.3 is 4.74 Å². The summed E-state index contributed by atoms with van der Waals surface area (Å²) in [7, 11) is 0. The van der Waals surface area contributed by atoms with Gasteiger partial charge in [0.25, 0.3) is 11.2 Å². The lowest BCUT2D eigenvalue weighted by molar-refractivity contribution is -0.384. The van der Waals surface area contributed by atoms with Crippen molar-refractivity contribution < 1.29 is 14.5 Å². The highest BCUT2D eigenvalue weighted by atomic mass is 35.5. The molecule has 0 spiro atoms. The van der Waals surface area contributed by atoms with E-state index in [2.05, 4.69) is 4.98 Å². The molecule has 1 aromatic carbocycles. The molecule has 0 aliphatic carbocycles. The summed E-state index contributed by atoms with van der Waals surface area (Å²) in [6, 6.07) is 5.48. The minimum atomic E-state index is -0.669. The smallest absolute Gasteiger partial charge is 0.331 e. The van der Waals surface area contributed by atoms with Crippen molar-refractivity contribution in [3.63, 3.8) is 0 Å². The number of carbonyl (C=O) groups excluding carboxylic acids is 1. The van der Waals surface area contributed by atoms with Gasteiger partial charge in [0.2, 0.25) is 0 Å². The van der Waals surface area contributed by atoms with E-state index in [-0.39, 0.29) is 22.9 Å². The molecule has 8 nitrogen and oxygen atoms in total. The fourth-order valence-corrected chi connectivity index (χ4v) is 3.38. The maximum atomic E-state index is 12.1. The highest BCUT2D eigenvalue weighted by Crippen LogP contribution is 2.25. The first kappa shape index (κ1) is 18.7. The Morgan fingerprint density at radius 1 is 1.44 bits per heavy atom. The molecular formula is C17H12ClN3O5S. The molecule has 0 unspecified atom stereocenters. The van der Waals surface area contributed by atoms with Gasteiger partial charge in [-0.25, -0.2) is 9.78 Å². The van der Waals surface area contributed by atoms with Crippen LogP contribution >= 0.6 is 22.9 Å². The molecule has 0 radical (unpaired) electrons. The zero-order valence-electron chi connectivity index (χ0n) is 13.9. The highest BCUT2D eigenvalue weighted by molar-refractivity contribution is 7.15. The lowest BCUT2D eigenvalue weighted by Crippen LogP contribution is -2.16. The molecule has 3 aromatic rings. The number of carbonyl (C=O) groups is 1. The normalized spacial score (nSPS) is 11.2. The summed E-state index contributed by atoms with van der Waals surface area (Å²) < 4.78 is 6.55. The first-order chi connectivity index (χ1) is 12.8. The Balaban J connectivity index is 1.68. The van der Waals surface area contributed by atoms with Crippen LogP contribution in [0.3, 0.4) is 0 Å². The van der Waals surface area contributed by atoms with Crippen LogP contribution in [0.25, 0.3) is 11.0 Å². The van der Waals surface area contributed by atoms with E-state index in [9.17, 15) is 19.7 Å². The molecule has 0 fully saturated rings. The Bertz CT molecular complexity index is 1140. The van der Waals surface area contributed by atoms with Crippen LogP contribution in [0, 0.1) is 17.0 Å². The maximum absolute atomic E-state index is 12.1. The minimum Gasteiger partial charge on any atom is -0.456 e. The molecule has 10 heteroatoms. The second-order valence-corrected chi connectivity index (χ2v) is 6.73. The molecule has 0 bridgehead atoms. The van der Waals surface area contributed by atoms with Crippen LogP contribution in [0.15, 0.2) is 40.5 Å². The molecular weight excluding hydrogens is 394 g/mol. The van der Waals surface area contributed by atoms with Crippen LogP contribution in [0.2, 0.25) is 5.02 Å². The molecule has 0 aliphatic rings. The minimum absolute atomic E-state index is 0.0105. The summed E-state index contributed by atoms with van der Waals surface area (Å²) >= 11 is 7.06. The molecule has 0 saturated heterocycles. The van der Waals surface area contributed by atoms with Gasteiger partial charge in [0.1, 0.15) is 11.6 Å². The predicted octanol–water partition coefficient (Wildman–Crippen LogP) is 3.38. The number of fused-ring (bicyclic) bond motifs is 1. The topological polar surface area (TPSA) is 104 Å². The van der Waals surface area contributed by atoms with E-state index in [1.54, 1.807) is 6.92 Å². The van der Waals surface area contributed by atoms with Gasteiger partial charge in [-0.3, -0.25) is 19.3 Å². The largest absolute Gasteiger partial charge is 0.456 e. The number of hydrogen-bond donors (Lipinski definition) is 0. The molecule has 138 valence electrons. The van der Waals surface area contributed by atoms with Crippen LogP contribution in [-0.2, 0) is 16.1 Å². The molecule has 27 heavy (non-hydrogen) atoms. The van der Waals surface area contributed by atoms with Gasteiger partial charge in [-0.15, -0.1) is 11.3 Å². The van der Waals surface area contributed by atoms with E-state index in [4.69, 9.17) is 16.3 Å². The molecule has 0 atom stereocenters. The first-order valence-electron chi connectivity index (χ1n) is 7.60. The van der Waals surface area contributed by atoms with E-state index in [1.807, 2.05) is 5.38 Å². The van der Waals surface area contributed by atoms with E-state index < -0.39 is 10.9 Å². The molecule has 2 heterocycles. The summed E-state index contributed by atoms with van der Waals surface area (Å²) in [5, 5.41) is 12.7. The van der Waals surface area contributed by atoms with Gasteiger partial charge in [-0.05, 0) is 24.6 Å². The number of nitro benzene ring substituents is 1. The SMILES string of the molecule is Cc1csc2nc(COC(=O)/C=C/c3ccc(Cl)c([N+](=O)[O-])c3)cc(=O)n12. The number of rotatable bonds is 5. The molecule has 0 amide bonds. The lowest BCUT2D eigenvalue weighted by atomic mass is 10.2. The van der Waals surface area contributed by atoms with Crippen LogP contribution in [0.4, 0.5) is 5.69 Å². The van der Waals surface area contributed by atoms with E-state index >= 15 is 0 Å². The van der Waals surface area contributed by atoms with Crippen molar-refractivity contribution >= 4 is 45.6 Å². The average Bonchev–Trinajstić information content (AvgIpc) is 3.00. The number of aromatic nitrogens is 2. The molecule has 3 rings (SSSR count). The maximum Gasteiger partial charge on any atom is 0.331 e. The quantitative estimate of drug-likeness (QED) is 0.279. The van der Waals surface area contributed by atoms with Gasteiger partial charge in [-0.2, -0.15) is 0 Å². The van der Waals surface area contributed by atoms with Gasteiger partial charge in [-0.1, -0.05) is 17.7 Å². The van der Waals surface area contributed by atoms with Crippen molar-refractivity contribution in [3.8, 4) is 0 Å². The Morgan fingerprint density at radius 3 is 2.96 bits per heavy atom. The number of hydrogen-bond acceptors (Lipinski definition) is 7. The number of nitrogens with zero attached hydrogens (tertiary/aromatic N) is 3. The van der Waals surface area contributed by atoms with E-state index in [0.717, 1.165) is 11.8 Å². The Kier molecular flexibility index (Phi) is 5.33. The standard InChI is InChI=1S/C17H12ClN3O5S/c1-10-9-27-17-19-12(7-15(22)20(10)17)8-26-16(23)5-3-11-2-4-13(18)14(6-11)21(24)25/h2-7,9H,8H2,1H3/b5-3+. The summed E-state index contributed by atoms with van der Waals surface area (Å²) in [5.41, 5.74) is 1.06. The number of nitro groups is 1. The van der Waals surface area contributed by atoms with Gasteiger partial charge in [0, 0.05) is 29.3 Å². The molecule has 0 N–H and O–H groups in total. The Morgan fingerprint density at radius 2 is 2.22 bits per heavy atom. The average molecular weight is 406 g/mol. The van der Waals surface area contributed by atoms with Crippen molar-refractivity contribution in [2.24, 2.45) is 0 Å². The summed E-state index contributed by atoms with van der Waals surface area (Å²) in [6.45, 7) is 1.64. The molecule has 0 aliphatic heterocycles. The van der Waals surface area contributed by atoms with Crippen LogP contribution < -0.4 is 5.56 Å². The molecule has 0 saturated carbocycles. The van der Waals surface area contributed by atoms with E-state index in [0.29, 0.717) is 16.2 Å². The third-order valence-electron chi connectivity index (χ3n) is 3.57. The number of aryl methyl sites for hydroxylation is 1. The number of halogens is 1. The lowest BCUT2D eigenvalue weighted by Gasteiger charge is -2.02. The summed E-state index contributed by atoms with van der Waals surface area (Å²) in [5.74, 6) is -0.669.